The van der Waals surface area contributed by atoms with E-state index in [0.717, 1.165) is 6.42 Å². The molecule has 0 aliphatic rings. The van der Waals surface area contributed by atoms with Gasteiger partial charge in [0.05, 0.1) is 24.1 Å². The van der Waals surface area contributed by atoms with Gasteiger partial charge in [-0.05, 0) is 18.4 Å². The summed E-state index contributed by atoms with van der Waals surface area (Å²) < 4.78 is 5.44. The van der Waals surface area contributed by atoms with Gasteiger partial charge in [-0.2, -0.15) is 0 Å². The Morgan fingerprint density at radius 1 is 1.53 bits per heavy atom. The summed E-state index contributed by atoms with van der Waals surface area (Å²) in [5.41, 5.74) is 6.03. The molecule has 0 aromatic carbocycles. The Balaban J connectivity index is 2.39. The molecule has 0 aliphatic heterocycles. The number of nitrogens with two attached hydrogens (primary N) is 1. The van der Waals surface area contributed by atoms with Crippen LogP contribution in [0.25, 0.3) is 0 Å². The summed E-state index contributed by atoms with van der Waals surface area (Å²) in [7, 11) is 0. The third-order valence-corrected chi connectivity index (χ3v) is 2.56. The number of nitrogens with one attached hydrogen (secondary N) is 1. The van der Waals surface area contributed by atoms with E-state index in [4.69, 9.17) is 15.6 Å². The molecule has 0 aliphatic carbocycles. The highest BCUT2D eigenvalue weighted by Crippen LogP contribution is 2.16. The molecule has 0 radical (unpaired) electrons. The first-order valence-electron chi connectivity index (χ1n) is 6.31. The van der Waals surface area contributed by atoms with Crippen molar-refractivity contribution < 1.29 is 14.6 Å². The van der Waals surface area contributed by atoms with Crippen molar-refractivity contribution in [3.8, 4) is 0 Å². The van der Waals surface area contributed by atoms with Crippen molar-refractivity contribution in [2.75, 3.05) is 30.8 Å². The van der Waals surface area contributed by atoms with Crippen LogP contribution in [0.1, 0.15) is 30.6 Å². The molecule has 0 saturated carbocycles. The van der Waals surface area contributed by atoms with E-state index < -0.39 is 5.97 Å². The molecule has 1 aromatic rings. The van der Waals surface area contributed by atoms with E-state index >= 15 is 0 Å². The second-order valence-electron chi connectivity index (χ2n) is 4.68. The van der Waals surface area contributed by atoms with Crippen LogP contribution in [0, 0.1) is 5.92 Å². The van der Waals surface area contributed by atoms with Crippen LogP contribution in [-0.2, 0) is 4.74 Å². The number of hydrogen-bond acceptors (Lipinski definition) is 5. The lowest BCUT2D eigenvalue weighted by atomic mass is 10.1. The number of aromatic nitrogens is 1. The highest BCUT2D eigenvalue weighted by molar-refractivity contribution is 5.94. The Morgan fingerprint density at radius 3 is 2.89 bits per heavy atom. The number of carboxylic acid groups (broad SMARTS) is 1. The highest BCUT2D eigenvalue weighted by Gasteiger charge is 2.10. The maximum Gasteiger partial charge on any atom is 0.337 e. The van der Waals surface area contributed by atoms with Gasteiger partial charge in [-0.15, -0.1) is 0 Å². The van der Waals surface area contributed by atoms with Gasteiger partial charge in [-0.25, -0.2) is 9.78 Å². The number of carbonyl (C=O) groups is 1. The Bertz CT molecular complexity index is 422. The third-order valence-electron chi connectivity index (χ3n) is 2.56. The molecule has 6 nitrogen and oxygen atoms in total. The SMILES string of the molecule is CC(C)CCOCCNc1cnc(N)cc1C(=O)O. The summed E-state index contributed by atoms with van der Waals surface area (Å²) in [5.74, 6) is -0.221. The standard InChI is InChI=1S/C13H21N3O3/c1-9(2)3-5-19-6-4-15-11-8-16-12(14)7-10(11)13(17)18/h7-9,15H,3-6H2,1-2H3,(H2,14,16)(H,17,18). The Labute approximate surface area is 113 Å². The van der Waals surface area contributed by atoms with Crippen LogP contribution in [-0.4, -0.2) is 35.8 Å². The van der Waals surface area contributed by atoms with Crippen LogP contribution in [0.5, 0.6) is 0 Å². The number of anilines is 2. The topological polar surface area (TPSA) is 97.5 Å². The Hall–Kier alpha value is -1.82. The van der Waals surface area contributed by atoms with Gasteiger partial charge in [0.15, 0.2) is 0 Å². The number of rotatable bonds is 8. The summed E-state index contributed by atoms with van der Waals surface area (Å²) in [6.45, 7) is 6.05. The first-order chi connectivity index (χ1) is 9.00. The van der Waals surface area contributed by atoms with Gasteiger partial charge in [0.1, 0.15) is 5.82 Å². The molecular formula is C13H21N3O3. The normalized spacial score (nSPS) is 10.7. The lowest BCUT2D eigenvalue weighted by Gasteiger charge is -2.10. The number of nitrogens with zero attached hydrogens (tertiary/aromatic N) is 1. The molecule has 1 heterocycles. The fraction of sp³-hybridized carbons (Fsp3) is 0.538. The van der Waals surface area contributed by atoms with Gasteiger partial charge < -0.3 is 20.9 Å². The van der Waals surface area contributed by atoms with Crippen molar-refractivity contribution in [3.63, 3.8) is 0 Å². The molecule has 6 heteroatoms. The molecular weight excluding hydrogens is 246 g/mol. The molecule has 1 rings (SSSR count). The van der Waals surface area contributed by atoms with Gasteiger partial charge in [-0.3, -0.25) is 0 Å². The summed E-state index contributed by atoms with van der Waals surface area (Å²) in [6.07, 6.45) is 2.44. The van der Waals surface area contributed by atoms with Crippen molar-refractivity contribution in [1.29, 1.82) is 0 Å². The lowest BCUT2D eigenvalue weighted by Crippen LogP contribution is -2.14. The van der Waals surface area contributed by atoms with Crippen molar-refractivity contribution >= 4 is 17.5 Å². The average molecular weight is 267 g/mol. The van der Waals surface area contributed by atoms with Crippen molar-refractivity contribution in [2.45, 2.75) is 20.3 Å². The number of nitrogen functional groups attached to an aromatic ring is 1. The molecule has 0 atom stereocenters. The second-order valence-corrected chi connectivity index (χ2v) is 4.68. The van der Waals surface area contributed by atoms with Gasteiger partial charge in [0.25, 0.3) is 0 Å². The summed E-state index contributed by atoms with van der Waals surface area (Å²) >= 11 is 0. The molecule has 1 aromatic heterocycles. The maximum atomic E-state index is 11.0. The summed E-state index contributed by atoms with van der Waals surface area (Å²) in [6, 6.07) is 1.34. The molecule has 0 saturated heterocycles. The first-order valence-corrected chi connectivity index (χ1v) is 6.31. The molecule has 106 valence electrons. The van der Waals surface area contributed by atoms with Crippen LogP contribution >= 0.6 is 0 Å². The predicted octanol–water partition coefficient (Wildman–Crippen LogP) is 1.84. The first kappa shape index (κ1) is 15.2. The lowest BCUT2D eigenvalue weighted by molar-refractivity contribution is 0.0697. The number of ether oxygens (including phenoxy) is 1. The van der Waals surface area contributed by atoms with Crippen LogP contribution in [0.3, 0.4) is 0 Å². The molecule has 0 bridgehead atoms. The van der Waals surface area contributed by atoms with Gasteiger partial charge in [0.2, 0.25) is 0 Å². The van der Waals surface area contributed by atoms with Gasteiger partial charge in [-0.1, -0.05) is 13.8 Å². The van der Waals surface area contributed by atoms with Crippen LogP contribution < -0.4 is 11.1 Å². The van der Waals surface area contributed by atoms with E-state index in [1.54, 1.807) is 0 Å². The van der Waals surface area contributed by atoms with E-state index in [1.807, 2.05) is 0 Å². The summed E-state index contributed by atoms with van der Waals surface area (Å²) in [4.78, 5) is 14.9. The average Bonchev–Trinajstić information content (AvgIpc) is 2.34. The molecule has 4 N–H and O–H groups in total. The van der Waals surface area contributed by atoms with E-state index in [1.165, 1.54) is 12.3 Å². The monoisotopic (exact) mass is 267 g/mol. The van der Waals surface area contributed by atoms with Crippen LogP contribution in [0.15, 0.2) is 12.3 Å². The number of hydrogen-bond donors (Lipinski definition) is 3. The van der Waals surface area contributed by atoms with E-state index in [0.29, 0.717) is 31.4 Å². The maximum absolute atomic E-state index is 11.0. The zero-order chi connectivity index (χ0) is 14.3. The zero-order valence-corrected chi connectivity index (χ0v) is 11.3. The third kappa shape index (κ3) is 5.56. The molecule has 0 spiro atoms. The molecule has 0 fully saturated rings. The second kappa shape index (κ2) is 7.58. The van der Waals surface area contributed by atoms with E-state index in [9.17, 15) is 4.79 Å². The van der Waals surface area contributed by atoms with Crippen molar-refractivity contribution in [3.05, 3.63) is 17.8 Å². The Morgan fingerprint density at radius 2 is 2.26 bits per heavy atom. The van der Waals surface area contributed by atoms with E-state index in [2.05, 4.69) is 24.1 Å². The molecule has 0 amide bonds. The molecule has 19 heavy (non-hydrogen) atoms. The number of carboxylic acids is 1. The van der Waals surface area contributed by atoms with E-state index in [-0.39, 0.29) is 11.4 Å². The quantitative estimate of drug-likeness (QED) is 0.622. The van der Waals surface area contributed by atoms with Crippen molar-refractivity contribution in [1.82, 2.24) is 4.98 Å². The fourth-order valence-electron chi connectivity index (χ4n) is 1.47. The van der Waals surface area contributed by atoms with Gasteiger partial charge in [0, 0.05) is 13.2 Å². The zero-order valence-electron chi connectivity index (χ0n) is 11.3. The summed E-state index contributed by atoms with van der Waals surface area (Å²) in [5, 5.41) is 12.0. The number of aromatic carboxylic acids is 1. The molecule has 0 unspecified atom stereocenters. The van der Waals surface area contributed by atoms with Crippen LogP contribution in [0.2, 0.25) is 0 Å². The highest BCUT2D eigenvalue weighted by atomic mass is 16.5. The number of pyridine rings is 1. The largest absolute Gasteiger partial charge is 0.478 e. The minimum absolute atomic E-state index is 0.120. The van der Waals surface area contributed by atoms with Crippen LogP contribution in [0.4, 0.5) is 11.5 Å². The minimum atomic E-state index is -1.03. The van der Waals surface area contributed by atoms with Gasteiger partial charge >= 0.3 is 5.97 Å². The fourth-order valence-corrected chi connectivity index (χ4v) is 1.47. The minimum Gasteiger partial charge on any atom is -0.478 e. The van der Waals surface area contributed by atoms with Crippen molar-refractivity contribution in [2.24, 2.45) is 5.92 Å². The Kier molecular flexibility index (Phi) is 6.08. The predicted molar refractivity (Wildman–Crippen MR) is 74.4 cm³/mol. The smallest absolute Gasteiger partial charge is 0.337 e.